The van der Waals surface area contributed by atoms with Crippen LogP contribution in [0.25, 0.3) is 0 Å². The van der Waals surface area contributed by atoms with E-state index in [9.17, 15) is 14.4 Å². The van der Waals surface area contributed by atoms with Crippen molar-refractivity contribution in [3.05, 3.63) is 55.1 Å². The number of piperidine rings is 1. The van der Waals surface area contributed by atoms with Gasteiger partial charge in [0, 0.05) is 26.6 Å². The van der Waals surface area contributed by atoms with Gasteiger partial charge in [-0.05, 0) is 31.0 Å². The predicted molar refractivity (Wildman–Crippen MR) is 116 cm³/mol. The highest BCUT2D eigenvalue weighted by Crippen LogP contribution is 2.36. The van der Waals surface area contributed by atoms with Gasteiger partial charge in [0.05, 0.1) is 19.1 Å². The Bertz CT molecular complexity index is 780. The number of hydrogen-bond acceptors (Lipinski definition) is 4. The SMILES string of the molecule is C=CCN(CC=C)C(=O)C(C)NC(=O)C1CCC(=O)N(C)C1c1ccc(OC)cc1. The van der Waals surface area contributed by atoms with Gasteiger partial charge in [-0.1, -0.05) is 24.3 Å². The lowest BCUT2D eigenvalue weighted by atomic mass is 9.83. The number of ether oxygens (including phenoxy) is 1. The first-order valence-electron chi connectivity index (χ1n) is 10.0. The molecule has 0 bridgehead atoms. The highest BCUT2D eigenvalue weighted by molar-refractivity contribution is 5.90. The normalized spacial score (nSPS) is 19.6. The molecule has 1 aromatic carbocycles. The van der Waals surface area contributed by atoms with Crippen LogP contribution in [0.5, 0.6) is 5.75 Å². The Morgan fingerprint density at radius 1 is 1.27 bits per heavy atom. The Labute approximate surface area is 178 Å². The summed E-state index contributed by atoms with van der Waals surface area (Å²) in [5, 5.41) is 2.84. The standard InChI is InChI=1S/C23H31N3O4/c1-6-14-26(15-7-2)23(29)16(3)24-22(28)19-12-13-20(27)25(4)21(19)17-8-10-18(30-5)11-9-17/h6-11,16,19,21H,1-2,12-15H2,3-5H3,(H,24,28). The van der Waals surface area contributed by atoms with E-state index < -0.39 is 18.0 Å². The van der Waals surface area contributed by atoms with Gasteiger partial charge in [0.15, 0.2) is 0 Å². The first-order chi connectivity index (χ1) is 14.3. The van der Waals surface area contributed by atoms with Crippen LogP contribution < -0.4 is 10.1 Å². The third-order valence-electron chi connectivity index (χ3n) is 5.39. The third-order valence-corrected chi connectivity index (χ3v) is 5.39. The fourth-order valence-corrected chi connectivity index (χ4v) is 3.79. The largest absolute Gasteiger partial charge is 0.497 e. The van der Waals surface area contributed by atoms with Crippen molar-refractivity contribution in [1.82, 2.24) is 15.1 Å². The molecule has 0 aliphatic carbocycles. The van der Waals surface area contributed by atoms with Crippen molar-refractivity contribution in [1.29, 1.82) is 0 Å². The van der Waals surface area contributed by atoms with E-state index in [4.69, 9.17) is 4.74 Å². The van der Waals surface area contributed by atoms with Gasteiger partial charge < -0.3 is 19.9 Å². The van der Waals surface area contributed by atoms with Crippen molar-refractivity contribution in [2.24, 2.45) is 5.92 Å². The number of methoxy groups -OCH3 is 1. The van der Waals surface area contributed by atoms with Gasteiger partial charge in [-0.3, -0.25) is 14.4 Å². The minimum Gasteiger partial charge on any atom is -0.497 e. The molecule has 1 fully saturated rings. The fourth-order valence-electron chi connectivity index (χ4n) is 3.79. The Balaban J connectivity index is 2.19. The number of hydrogen-bond donors (Lipinski definition) is 1. The molecule has 1 aliphatic heterocycles. The summed E-state index contributed by atoms with van der Waals surface area (Å²) in [6.07, 6.45) is 3.99. The van der Waals surface area contributed by atoms with Crippen LogP contribution in [0.15, 0.2) is 49.6 Å². The molecular formula is C23H31N3O4. The molecule has 1 saturated heterocycles. The minimum atomic E-state index is -0.697. The average molecular weight is 414 g/mol. The summed E-state index contributed by atoms with van der Waals surface area (Å²) in [5.41, 5.74) is 0.852. The van der Waals surface area contributed by atoms with Gasteiger partial charge in [-0.25, -0.2) is 0 Å². The van der Waals surface area contributed by atoms with Crippen LogP contribution in [0.3, 0.4) is 0 Å². The lowest BCUT2D eigenvalue weighted by Crippen LogP contribution is -2.52. The second-order valence-electron chi connectivity index (χ2n) is 7.42. The second kappa shape index (κ2) is 10.6. The Morgan fingerprint density at radius 2 is 1.87 bits per heavy atom. The molecule has 0 saturated carbocycles. The number of carbonyl (C=O) groups excluding carboxylic acids is 3. The molecular weight excluding hydrogens is 382 g/mol. The molecule has 0 aromatic heterocycles. The summed E-state index contributed by atoms with van der Waals surface area (Å²) in [6.45, 7) is 9.75. The van der Waals surface area contributed by atoms with Crippen molar-refractivity contribution in [3.63, 3.8) is 0 Å². The molecule has 0 spiro atoms. The number of nitrogens with zero attached hydrogens (tertiary/aromatic N) is 2. The number of nitrogens with one attached hydrogen (secondary N) is 1. The maximum Gasteiger partial charge on any atom is 0.245 e. The fraction of sp³-hybridized carbons (Fsp3) is 0.435. The van der Waals surface area contributed by atoms with Crippen molar-refractivity contribution >= 4 is 17.7 Å². The molecule has 1 N–H and O–H groups in total. The van der Waals surface area contributed by atoms with Gasteiger partial charge in [-0.2, -0.15) is 0 Å². The molecule has 0 radical (unpaired) electrons. The molecule has 1 aliphatic rings. The number of benzene rings is 1. The molecule has 7 heteroatoms. The predicted octanol–water partition coefficient (Wildman–Crippen LogP) is 2.31. The van der Waals surface area contributed by atoms with E-state index in [0.717, 1.165) is 5.56 Å². The van der Waals surface area contributed by atoms with Crippen LogP contribution in [0.1, 0.15) is 31.4 Å². The van der Waals surface area contributed by atoms with Gasteiger partial charge in [-0.15, -0.1) is 13.2 Å². The quantitative estimate of drug-likeness (QED) is 0.630. The van der Waals surface area contributed by atoms with E-state index >= 15 is 0 Å². The molecule has 2 rings (SSSR count). The van der Waals surface area contributed by atoms with E-state index in [1.165, 1.54) is 0 Å². The molecule has 3 unspecified atom stereocenters. The molecule has 3 atom stereocenters. The summed E-state index contributed by atoms with van der Waals surface area (Å²) < 4.78 is 5.20. The first kappa shape index (κ1) is 23.2. The molecule has 1 heterocycles. The number of carbonyl (C=O) groups is 3. The molecule has 3 amide bonds. The average Bonchev–Trinajstić information content (AvgIpc) is 2.74. The van der Waals surface area contributed by atoms with E-state index in [0.29, 0.717) is 31.7 Å². The topological polar surface area (TPSA) is 79.0 Å². The third kappa shape index (κ3) is 5.28. The highest BCUT2D eigenvalue weighted by Gasteiger charge is 2.39. The van der Waals surface area contributed by atoms with Gasteiger partial charge in [0.2, 0.25) is 17.7 Å². The monoisotopic (exact) mass is 413 g/mol. The molecule has 1 aromatic rings. The van der Waals surface area contributed by atoms with Crippen molar-refractivity contribution in [2.75, 3.05) is 27.2 Å². The number of likely N-dealkylation sites (tertiary alicyclic amines) is 1. The zero-order valence-corrected chi connectivity index (χ0v) is 18.0. The number of rotatable bonds is 9. The highest BCUT2D eigenvalue weighted by atomic mass is 16.5. The van der Waals surface area contributed by atoms with Crippen molar-refractivity contribution in [3.8, 4) is 5.75 Å². The van der Waals surface area contributed by atoms with Gasteiger partial charge in [0.25, 0.3) is 0 Å². The second-order valence-corrected chi connectivity index (χ2v) is 7.42. The lowest BCUT2D eigenvalue weighted by molar-refractivity contribution is -0.143. The maximum absolute atomic E-state index is 13.1. The lowest BCUT2D eigenvalue weighted by Gasteiger charge is -2.39. The van der Waals surface area contributed by atoms with E-state index in [1.54, 1.807) is 43.0 Å². The molecule has 162 valence electrons. The Morgan fingerprint density at radius 3 is 2.40 bits per heavy atom. The van der Waals surface area contributed by atoms with E-state index in [1.807, 2.05) is 24.3 Å². The van der Waals surface area contributed by atoms with Crippen LogP contribution >= 0.6 is 0 Å². The summed E-state index contributed by atoms with van der Waals surface area (Å²) in [5.74, 6) is -0.207. The molecule has 30 heavy (non-hydrogen) atoms. The Kier molecular flexibility index (Phi) is 8.21. The maximum atomic E-state index is 13.1. The summed E-state index contributed by atoms with van der Waals surface area (Å²) in [7, 11) is 3.29. The minimum absolute atomic E-state index is 0.00728. The summed E-state index contributed by atoms with van der Waals surface area (Å²) in [6, 6.07) is 6.25. The van der Waals surface area contributed by atoms with E-state index in [-0.39, 0.29) is 17.7 Å². The van der Waals surface area contributed by atoms with Crippen LogP contribution in [-0.4, -0.2) is 60.8 Å². The summed E-state index contributed by atoms with van der Waals surface area (Å²) >= 11 is 0. The zero-order valence-electron chi connectivity index (χ0n) is 18.0. The van der Waals surface area contributed by atoms with Gasteiger partial charge >= 0.3 is 0 Å². The van der Waals surface area contributed by atoms with Crippen molar-refractivity contribution in [2.45, 2.75) is 31.8 Å². The molecule has 7 nitrogen and oxygen atoms in total. The van der Waals surface area contributed by atoms with Gasteiger partial charge in [0.1, 0.15) is 11.8 Å². The van der Waals surface area contributed by atoms with Crippen molar-refractivity contribution < 1.29 is 19.1 Å². The Hall–Kier alpha value is -3.09. The summed E-state index contributed by atoms with van der Waals surface area (Å²) in [4.78, 5) is 41.4. The van der Waals surface area contributed by atoms with Crippen LogP contribution in [0.2, 0.25) is 0 Å². The van der Waals surface area contributed by atoms with E-state index in [2.05, 4.69) is 18.5 Å². The van der Waals surface area contributed by atoms with Crippen LogP contribution in [0, 0.1) is 5.92 Å². The number of amides is 3. The van der Waals surface area contributed by atoms with Crippen LogP contribution in [-0.2, 0) is 14.4 Å². The first-order valence-corrected chi connectivity index (χ1v) is 10.0. The zero-order chi connectivity index (χ0) is 22.3. The smallest absolute Gasteiger partial charge is 0.245 e. The van der Waals surface area contributed by atoms with Crippen LogP contribution in [0.4, 0.5) is 0 Å².